The Bertz CT molecular complexity index is 297. The average Bonchev–Trinajstić information content (AvgIpc) is 2.30. The maximum absolute atomic E-state index is 3.48. The van der Waals surface area contributed by atoms with Gasteiger partial charge < -0.3 is 10.2 Å². The average molecular weight is 220 g/mol. The minimum atomic E-state index is 1.07. The summed E-state index contributed by atoms with van der Waals surface area (Å²) >= 11 is 0. The van der Waals surface area contributed by atoms with Crippen molar-refractivity contribution in [3.8, 4) is 0 Å². The number of nitrogens with zero attached hydrogens (tertiary/aromatic N) is 1. The second kappa shape index (κ2) is 7.42. The number of likely N-dealkylation sites (N-methyl/N-ethyl adjacent to an activating group) is 1. The van der Waals surface area contributed by atoms with Crippen molar-refractivity contribution < 1.29 is 0 Å². The fourth-order valence-corrected chi connectivity index (χ4v) is 1.67. The first-order chi connectivity index (χ1) is 7.74. The van der Waals surface area contributed by atoms with Crippen LogP contribution in [0.15, 0.2) is 24.3 Å². The summed E-state index contributed by atoms with van der Waals surface area (Å²) in [6, 6.07) is 8.62. The normalized spacial score (nSPS) is 11.0. The van der Waals surface area contributed by atoms with Gasteiger partial charge >= 0.3 is 0 Å². The topological polar surface area (TPSA) is 15.3 Å². The Balaban J connectivity index is 2.14. The highest BCUT2D eigenvalue weighted by atomic mass is 15.1. The molecule has 0 heterocycles. The van der Waals surface area contributed by atoms with Crippen LogP contribution in [0.2, 0.25) is 0 Å². The molecule has 0 spiro atoms. The van der Waals surface area contributed by atoms with Crippen LogP contribution in [0.25, 0.3) is 0 Å². The highest BCUT2D eigenvalue weighted by Gasteiger charge is 1.97. The summed E-state index contributed by atoms with van der Waals surface area (Å²) < 4.78 is 0. The molecule has 1 aromatic rings. The zero-order valence-corrected chi connectivity index (χ0v) is 10.8. The van der Waals surface area contributed by atoms with Gasteiger partial charge in [0, 0.05) is 13.1 Å². The first-order valence-electron chi connectivity index (χ1n) is 6.17. The SMILES string of the molecule is CCN(C)CCNCCc1ccccc1C. The van der Waals surface area contributed by atoms with Crippen LogP contribution < -0.4 is 5.32 Å². The summed E-state index contributed by atoms with van der Waals surface area (Å²) in [4.78, 5) is 2.32. The molecule has 90 valence electrons. The molecule has 0 aliphatic carbocycles. The van der Waals surface area contributed by atoms with E-state index in [1.807, 2.05) is 0 Å². The van der Waals surface area contributed by atoms with Crippen molar-refractivity contribution >= 4 is 0 Å². The van der Waals surface area contributed by atoms with Gasteiger partial charge in [0.15, 0.2) is 0 Å². The highest BCUT2D eigenvalue weighted by molar-refractivity contribution is 5.25. The summed E-state index contributed by atoms with van der Waals surface area (Å²) in [5, 5.41) is 3.48. The van der Waals surface area contributed by atoms with Gasteiger partial charge in [-0.25, -0.2) is 0 Å². The predicted octanol–water partition coefficient (Wildman–Crippen LogP) is 2.08. The Morgan fingerprint density at radius 3 is 2.62 bits per heavy atom. The first-order valence-corrected chi connectivity index (χ1v) is 6.17. The zero-order chi connectivity index (χ0) is 11.8. The van der Waals surface area contributed by atoms with Gasteiger partial charge in [0.25, 0.3) is 0 Å². The Labute approximate surface area is 99.7 Å². The molecule has 2 nitrogen and oxygen atoms in total. The lowest BCUT2D eigenvalue weighted by Gasteiger charge is -2.14. The van der Waals surface area contributed by atoms with Crippen LogP contribution in [0.5, 0.6) is 0 Å². The lowest BCUT2D eigenvalue weighted by molar-refractivity contribution is 0.349. The highest BCUT2D eigenvalue weighted by Crippen LogP contribution is 2.06. The molecule has 0 aliphatic rings. The van der Waals surface area contributed by atoms with E-state index >= 15 is 0 Å². The summed E-state index contributed by atoms with van der Waals surface area (Å²) in [5.74, 6) is 0. The lowest BCUT2D eigenvalue weighted by atomic mass is 10.1. The second-order valence-corrected chi connectivity index (χ2v) is 4.32. The molecule has 0 atom stereocenters. The van der Waals surface area contributed by atoms with E-state index in [2.05, 4.69) is 55.4 Å². The zero-order valence-electron chi connectivity index (χ0n) is 10.8. The first kappa shape index (κ1) is 13.2. The van der Waals surface area contributed by atoms with Crippen molar-refractivity contribution in [2.75, 3.05) is 33.2 Å². The van der Waals surface area contributed by atoms with Crippen molar-refractivity contribution in [1.82, 2.24) is 10.2 Å². The van der Waals surface area contributed by atoms with Gasteiger partial charge in [-0.05, 0) is 44.6 Å². The fourth-order valence-electron chi connectivity index (χ4n) is 1.67. The van der Waals surface area contributed by atoms with Gasteiger partial charge in [-0.1, -0.05) is 31.2 Å². The number of hydrogen-bond acceptors (Lipinski definition) is 2. The summed E-state index contributed by atoms with van der Waals surface area (Å²) in [7, 11) is 2.16. The molecule has 1 rings (SSSR count). The van der Waals surface area contributed by atoms with Gasteiger partial charge in [-0.15, -0.1) is 0 Å². The molecule has 0 amide bonds. The van der Waals surface area contributed by atoms with E-state index in [-0.39, 0.29) is 0 Å². The molecule has 0 aliphatic heterocycles. The van der Waals surface area contributed by atoms with E-state index in [4.69, 9.17) is 0 Å². The van der Waals surface area contributed by atoms with E-state index < -0.39 is 0 Å². The Morgan fingerprint density at radius 1 is 1.19 bits per heavy atom. The quantitative estimate of drug-likeness (QED) is 0.708. The van der Waals surface area contributed by atoms with Crippen LogP contribution in [-0.4, -0.2) is 38.1 Å². The maximum Gasteiger partial charge on any atom is 0.0104 e. The van der Waals surface area contributed by atoms with Crippen molar-refractivity contribution in [3.05, 3.63) is 35.4 Å². The van der Waals surface area contributed by atoms with Gasteiger partial charge in [0.1, 0.15) is 0 Å². The third-order valence-electron chi connectivity index (χ3n) is 3.04. The minimum absolute atomic E-state index is 1.07. The lowest BCUT2D eigenvalue weighted by Crippen LogP contribution is -2.30. The second-order valence-electron chi connectivity index (χ2n) is 4.32. The maximum atomic E-state index is 3.48. The molecule has 16 heavy (non-hydrogen) atoms. The van der Waals surface area contributed by atoms with Crippen LogP contribution in [0.3, 0.4) is 0 Å². The Hall–Kier alpha value is -0.860. The summed E-state index contributed by atoms with van der Waals surface area (Å²) in [6.07, 6.45) is 1.13. The number of hydrogen-bond donors (Lipinski definition) is 1. The van der Waals surface area contributed by atoms with Crippen molar-refractivity contribution in [2.24, 2.45) is 0 Å². The molecule has 0 saturated carbocycles. The van der Waals surface area contributed by atoms with Crippen LogP contribution >= 0.6 is 0 Å². The number of nitrogens with one attached hydrogen (secondary N) is 1. The molecule has 2 heteroatoms. The van der Waals surface area contributed by atoms with Gasteiger partial charge in [-0.3, -0.25) is 0 Å². The van der Waals surface area contributed by atoms with E-state index in [1.54, 1.807) is 0 Å². The number of aryl methyl sites for hydroxylation is 1. The monoisotopic (exact) mass is 220 g/mol. The van der Waals surface area contributed by atoms with Gasteiger partial charge in [0.05, 0.1) is 0 Å². The van der Waals surface area contributed by atoms with Crippen molar-refractivity contribution in [1.29, 1.82) is 0 Å². The minimum Gasteiger partial charge on any atom is -0.315 e. The van der Waals surface area contributed by atoms with Crippen molar-refractivity contribution in [3.63, 3.8) is 0 Å². The summed E-state index contributed by atoms with van der Waals surface area (Å²) in [5.41, 5.74) is 2.86. The Kier molecular flexibility index (Phi) is 6.12. The van der Waals surface area contributed by atoms with Crippen molar-refractivity contribution in [2.45, 2.75) is 20.3 Å². The summed E-state index contributed by atoms with van der Waals surface area (Å²) in [6.45, 7) is 8.77. The smallest absolute Gasteiger partial charge is 0.0104 e. The molecular weight excluding hydrogens is 196 g/mol. The fraction of sp³-hybridized carbons (Fsp3) is 0.571. The number of benzene rings is 1. The molecule has 0 bridgehead atoms. The van der Waals surface area contributed by atoms with Gasteiger partial charge in [0.2, 0.25) is 0 Å². The van der Waals surface area contributed by atoms with E-state index in [1.165, 1.54) is 11.1 Å². The molecular formula is C14H24N2. The van der Waals surface area contributed by atoms with Crippen LogP contribution in [-0.2, 0) is 6.42 Å². The van der Waals surface area contributed by atoms with E-state index in [9.17, 15) is 0 Å². The van der Waals surface area contributed by atoms with Gasteiger partial charge in [-0.2, -0.15) is 0 Å². The largest absolute Gasteiger partial charge is 0.315 e. The molecule has 0 fully saturated rings. The molecule has 0 radical (unpaired) electrons. The third-order valence-corrected chi connectivity index (χ3v) is 3.04. The molecule has 1 aromatic carbocycles. The predicted molar refractivity (Wildman–Crippen MR) is 70.9 cm³/mol. The molecule has 0 unspecified atom stereocenters. The van der Waals surface area contributed by atoms with Crippen LogP contribution in [0.4, 0.5) is 0 Å². The van der Waals surface area contributed by atoms with Crippen LogP contribution in [0, 0.1) is 6.92 Å². The van der Waals surface area contributed by atoms with E-state index in [0.717, 1.165) is 32.6 Å². The molecule has 0 saturated heterocycles. The van der Waals surface area contributed by atoms with Crippen LogP contribution in [0.1, 0.15) is 18.1 Å². The Morgan fingerprint density at radius 2 is 1.94 bits per heavy atom. The van der Waals surface area contributed by atoms with E-state index in [0.29, 0.717) is 0 Å². The standard InChI is InChI=1S/C14H24N2/c1-4-16(3)12-11-15-10-9-14-8-6-5-7-13(14)2/h5-8,15H,4,9-12H2,1-3H3. The number of rotatable bonds is 7. The third kappa shape index (κ3) is 4.77. The molecule has 0 aromatic heterocycles. The molecule has 1 N–H and O–H groups in total.